The van der Waals surface area contributed by atoms with Gasteiger partial charge in [0.15, 0.2) is 0 Å². The van der Waals surface area contributed by atoms with Crippen LogP contribution in [0.15, 0.2) is 54.7 Å². The van der Waals surface area contributed by atoms with Crippen LogP contribution in [-0.4, -0.2) is 28.8 Å². The summed E-state index contributed by atoms with van der Waals surface area (Å²) >= 11 is 0. The molecule has 0 radical (unpaired) electrons. The molecule has 0 unspecified atom stereocenters. The van der Waals surface area contributed by atoms with Crippen LogP contribution in [0.3, 0.4) is 0 Å². The van der Waals surface area contributed by atoms with Crippen LogP contribution in [0.2, 0.25) is 0 Å². The molecule has 0 saturated heterocycles. The fourth-order valence-corrected chi connectivity index (χ4v) is 2.70. The van der Waals surface area contributed by atoms with E-state index in [-0.39, 0.29) is 0 Å². The molecule has 0 spiro atoms. The number of nitrogens with zero attached hydrogens (tertiary/aromatic N) is 2. The summed E-state index contributed by atoms with van der Waals surface area (Å²) in [6, 6.07) is 14.5. The standard InChI is InChI=1S/C22H25N5O3/c1-22(2,3)30-21(28)26-16-7-5-6-15(13-16)25-20-24-11-10-18(27-20)14-8-9-19(29-4)17(23)12-14/h5-13H,23H2,1-4H3,(H,26,28)(H,24,25,27). The normalized spacial score (nSPS) is 10.9. The van der Waals surface area contributed by atoms with Crippen molar-refractivity contribution in [3.63, 3.8) is 0 Å². The van der Waals surface area contributed by atoms with Gasteiger partial charge in [0.1, 0.15) is 11.4 Å². The van der Waals surface area contributed by atoms with Crippen molar-refractivity contribution in [2.24, 2.45) is 0 Å². The van der Waals surface area contributed by atoms with Crippen molar-refractivity contribution >= 4 is 29.1 Å². The van der Waals surface area contributed by atoms with Crippen LogP contribution in [0.1, 0.15) is 20.8 Å². The summed E-state index contributed by atoms with van der Waals surface area (Å²) < 4.78 is 10.5. The lowest BCUT2D eigenvalue weighted by atomic mass is 10.1. The van der Waals surface area contributed by atoms with E-state index in [9.17, 15) is 4.79 Å². The van der Waals surface area contributed by atoms with Crippen LogP contribution in [0.25, 0.3) is 11.3 Å². The minimum absolute atomic E-state index is 0.413. The Hall–Kier alpha value is -3.81. The lowest BCUT2D eigenvalue weighted by Gasteiger charge is -2.19. The van der Waals surface area contributed by atoms with Crippen molar-refractivity contribution < 1.29 is 14.3 Å². The molecule has 4 N–H and O–H groups in total. The Balaban J connectivity index is 1.75. The predicted octanol–water partition coefficient (Wildman–Crippen LogP) is 4.83. The van der Waals surface area contributed by atoms with E-state index in [1.54, 1.807) is 43.6 Å². The summed E-state index contributed by atoms with van der Waals surface area (Å²) in [5, 5.41) is 5.85. The summed E-state index contributed by atoms with van der Waals surface area (Å²) in [4.78, 5) is 20.8. The Bertz CT molecular complexity index is 1050. The van der Waals surface area contributed by atoms with Crippen molar-refractivity contribution in [3.05, 3.63) is 54.7 Å². The number of nitrogen functional groups attached to an aromatic ring is 1. The van der Waals surface area contributed by atoms with Gasteiger partial charge in [-0.05, 0) is 63.2 Å². The van der Waals surface area contributed by atoms with E-state index in [0.717, 1.165) is 11.3 Å². The van der Waals surface area contributed by atoms with Gasteiger partial charge in [-0.3, -0.25) is 5.32 Å². The fraction of sp³-hybridized carbons (Fsp3) is 0.227. The van der Waals surface area contributed by atoms with Crippen LogP contribution in [-0.2, 0) is 4.74 Å². The predicted molar refractivity (Wildman–Crippen MR) is 118 cm³/mol. The summed E-state index contributed by atoms with van der Waals surface area (Å²) in [5.41, 5.74) is 8.83. The molecule has 8 heteroatoms. The zero-order valence-electron chi connectivity index (χ0n) is 17.4. The molecule has 0 bridgehead atoms. The lowest BCUT2D eigenvalue weighted by molar-refractivity contribution is 0.0636. The highest BCUT2D eigenvalue weighted by Gasteiger charge is 2.16. The number of nitrogens with one attached hydrogen (secondary N) is 2. The van der Waals surface area contributed by atoms with Gasteiger partial charge < -0.3 is 20.5 Å². The Labute approximate surface area is 175 Å². The zero-order chi connectivity index (χ0) is 21.7. The molecule has 0 aliphatic heterocycles. The number of rotatable bonds is 5. The number of aromatic nitrogens is 2. The van der Waals surface area contributed by atoms with Gasteiger partial charge in [-0.1, -0.05) is 6.07 Å². The van der Waals surface area contributed by atoms with Gasteiger partial charge in [-0.2, -0.15) is 0 Å². The van der Waals surface area contributed by atoms with Gasteiger partial charge in [0.05, 0.1) is 18.5 Å². The Morgan fingerprint density at radius 1 is 1.07 bits per heavy atom. The third-order valence-electron chi connectivity index (χ3n) is 3.95. The van der Waals surface area contributed by atoms with Crippen molar-refractivity contribution in [2.45, 2.75) is 26.4 Å². The number of carbonyl (C=O) groups excluding carboxylic acids is 1. The molecule has 0 fully saturated rings. The maximum atomic E-state index is 12.0. The molecule has 3 aromatic rings. The van der Waals surface area contributed by atoms with Gasteiger partial charge >= 0.3 is 6.09 Å². The number of benzene rings is 2. The number of amides is 1. The highest BCUT2D eigenvalue weighted by atomic mass is 16.6. The molecule has 156 valence electrons. The van der Waals surface area contributed by atoms with Crippen molar-refractivity contribution in [3.8, 4) is 17.0 Å². The van der Waals surface area contributed by atoms with Gasteiger partial charge in [0.25, 0.3) is 0 Å². The minimum Gasteiger partial charge on any atom is -0.495 e. The Morgan fingerprint density at radius 3 is 2.53 bits per heavy atom. The average molecular weight is 407 g/mol. The maximum Gasteiger partial charge on any atom is 0.412 e. The molecule has 8 nitrogen and oxygen atoms in total. The summed E-state index contributed by atoms with van der Waals surface area (Å²) in [6.07, 6.45) is 1.14. The molecule has 1 heterocycles. The first kappa shape index (κ1) is 20.9. The van der Waals surface area contributed by atoms with E-state index in [4.69, 9.17) is 15.2 Å². The van der Waals surface area contributed by atoms with Crippen LogP contribution >= 0.6 is 0 Å². The van der Waals surface area contributed by atoms with E-state index >= 15 is 0 Å². The molecule has 2 aromatic carbocycles. The number of hydrogen-bond acceptors (Lipinski definition) is 7. The highest BCUT2D eigenvalue weighted by Crippen LogP contribution is 2.28. The van der Waals surface area contributed by atoms with Gasteiger partial charge in [0.2, 0.25) is 5.95 Å². The van der Waals surface area contributed by atoms with Crippen molar-refractivity contribution in [1.82, 2.24) is 9.97 Å². The fourth-order valence-electron chi connectivity index (χ4n) is 2.70. The first-order chi connectivity index (χ1) is 14.2. The summed E-state index contributed by atoms with van der Waals surface area (Å²) in [6.45, 7) is 5.43. The molecule has 1 aromatic heterocycles. The molecular formula is C22H25N5O3. The lowest BCUT2D eigenvalue weighted by Crippen LogP contribution is -2.27. The molecule has 3 rings (SSSR count). The maximum absolute atomic E-state index is 12.0. The first-order valence-corrected chi connectivity index (χ1v) is 9.37. The second kappa shape index (κ2) is 8.69. The van der Waals surface area contributed by atoms with Gasteiger partial charge in [0, 0.05) is 23.1 Å². The number of nitrogens with two attached hydrogens (primary N) is 1. The minimum atomic E-state index is -0.570. The number of methoxy groups -OCH3 is 1. The molecule has 30 heavy (non-hydrogen) atoms. The molecule has 0 saturated carbocycles. The number of hydrogen-bond donors (Lipinski definition) is 3. The Kier molecular flexibility index (Phi) is 6.06. The van der Waals surface area contributed by atoms with Crippen molar-refractivity contribution in [2.75, 3.05) is 23.5 Å². The van der Waals surface area contributed by atoms with Crippen LogP contribution in [0, 0.1) is 0 Å². The van der Waals surface area contributed by atoms with Crippen LogP contribution in [0.4, 0.5) is 27.8 Å². The van der Waals surface area contributed by atoms with Crippen LogP contribution < -0.4 is 21.1 Å². The second-order valence-corrected chi connectivity index (χ2v) is 7.55. The van der Waals surface area contributed by atoms with E-state index in [2.05, 4.69) is 20.6 Å². The molecule has 0 aliphatic carbocycles. The summed E-state index contributed by atoms with van der Waals surface area (Å²) in [5.74, 6) is 1.02. The monoisotopic (exact) mass is 407 g/mol. The SMILES string of the molecule is COc1ccc(-c2ccnc(Nc3cccc(NC(=O)OC(C)(C)C)c3)n2)cc1N. The summed E-state index contributed by atoms with van der Waals surface area (Å²) in [7, 11) is 1.57. The number of ether oxygens (including phenoxy) is 2. The first-order valence-electron chi connectivity index (χ1n) is 9.37. The molecule has 1 amide bonds. The molecule has 0 atom stereocenters. The number of carbonyl (C=O) groups is 1. The third kappa shape index (κ3) is 5.60. The average Bonchev–Trinajstić information content (AvgIpc) is 2.67. The second-order valence-electron chi connectivity index (χ2n) is 7.55. The highest BCUT2D eigenvalue weighted by molar-refractivity contribution is 5.85. The Morgan fingerprint density at radius 2 is 1.83 bits per heavy atom. The van der Waals surface area contributed by atoms with E-state index in [1.807, 2.05) is 39.0 Å². The number of anilines is 4. The van der Waals surface area contributed by atoms with Gasteiger partial charge in [-0.25, -0.2) is 14.8 Å². The molecule has 0 aliphatic rings. The molecular weight excluding hydrogens is 382 g/mol. The zero-order valence-corrected chi connectivity index (χ0v) is 17.4. The van der Waals surface area contributed by atoms with E-state index in [0.29, 0.717) is 28.8 Å². The smallest absolute Gasteiger partial charge is 0.412 e. The largest absolute Gasteiger partial charge is 0.495 e. The van der Waals surface area contributed by atoms with E-state index in [1.165, 1.54) is 0 Å². The van der Waals surface area contributed by atoms with Crippen molar-refractivity contribution in [1.29, 1.82) is 0 Å². The third-order valence-corrected chi connectivity index (χ3v) is 3.95. The van der Waals surface area contributed by atoms with Gasteiger partial charge in [-0.15, -0.1) is 0 Å². The topological polar surface area (TPSA) is 111 Å². The van der Waals surface area contributed by atoms with E-state index < -0.39 is 11.7 Å². The van der Waals surface area contributed by atoms with Crippen LogP contribution in [0.5, 0.6) is 5.75 Å². The quantitative estimate of drug-likeness (QED) is 0.520.